The van der Waals surface area contributed by atoms with Crippen LogP contribution in [-0.4, -0.2) is 24.5 Å². The first-order chi connectivity index (χ1) is 12.0. The van der Waals surface area contributed by atoms with E-state index in [1.165, 1.54) is 0 Å². The lowest BCUT2D eigenvalue weighted by atomic mass is 10.1. The van der Waals surface area contributed by atoms with Gasteiger partial charge in [0.2, 0.25) is 5.78 Å². The third-order valence-corrected chi connectivity index (χ3v) is 4.70. The molecule has 5 nitrogen and oxygen atoms in total. The van der Waals surface area contributed by atoms with Crippen LogP contribution in [0.3, 0.4) is 0 Å². The van der Waals surface area contributed by atoms with E-state index >= 15 is 0 Å². The number of benzene rings is 1. The lowest BCUT2D eigenvalue weighted by Crippen LogP contribution is -2.26. The fourth-order valence-corrected chi connectivity index (χ4v) is 3.25. The number of esters is 1. The second kappa shape index (κ2) is 7.11. The molecule has 2 heterocycles. The third kappa shape index (κ3) is 3.58. The Bertz CT molecular complexity index is 849. The van der Waals surface area contributed by atoms with E-state index in [1.807, 2.05) is 18.4 Å². The Labute approximate surface area is 149 Å². The number of allylic oxidation sites excluding steroid dienone is 1. The van der Waals surface area contributed by atoms with Gasteiger partial charge in [-0.25, -0.2) is 4.79 Å². The van der Waals surface area contributed by atoms with Crippen molar-refractivity contribution in [1.29, 1.82) is 0 Å². The van der Waals surface area contributed by atoms with E-state index in [0.717, 1.165) is 10.4 Å². The van der Waals surface area contributed by atoms with Gasteiger partial charge in [0.15, 0.2) is 11.9 Å². The summed E-state index contributed by atoms with van der Waals surface area (Å²) in [5.74, 6) is 0.567. The van der Waals surface area contributed by atoms with Crippen LogP contribution in [-0.2, 0) is 9.53 Å². The van der Waals surface area contributed by atoms with Gasteiger partial charge in [0, 0.05) is 17.0 Å². The van der Waals surface area contributed by atoms with Crippen LogP contribution in [0.1, 0.15) is 34.6 Å². The summed E-state index contributed by atoms with van der Waals surface area (Å²) in [4.78, 5) is 25.1. The van der Waals surface area contributed by atoms with Crippen molar-refractivity contribution in [2.75, 3.05) is 6.61 Å². The van der Waals surface area contributed by atoms with Crippen molar-refractivity contribution in [3.8, 4) is 11.5 Å². The summed E-state index contributed by atoms with van der Waals surface area (Å²) in [5, 5.41) is 1.97. The fourth-order valence-electron chi connectivity index (χ4n) is 2.40. The zero-order chi connectivity index (χ0) is 18.0. The molecule has 1 aromatic heterocycles. The number of Topliss-reactive ketones (excluding diaryl/α,β-unsaturated/α-hetero) is 1. The minimum Gasteiger partial charge on any atom is -0.479 e. The van der Waals surface area contributed by atoms with Gasteiger partial charge in [-0.15, -0.1) is 11.3 Å². The lowest BCUT2D eigenvalue weighted by molar-refractivity contribution is -0.150. The van der Waals surface area contributed by atoms with E-state index in [2.05, 4.69) is 0 Å². The molecule has 0 unspecified atom stereocenters. The lowest BCUT2D eigenvalue weighted by Gasteiger charge is -2.13. The summed E-state index contributed by atoms with van der Waals surface area (Å²) in [6.45, 7) is 5.63. The average molecular weight is 358 g/mol. The first kappa shape index (κ1) is 17.2. The number of aryl methyl sites for hydroxylation is 1. The van der Waals surface area contributed by atoms with Crippen molar-refractivity contribution >= 4 is 29.2 Å². The van der Waals surface area contributed by atoms with Crippen molar-refractivity contribution in [3.63, 3.8) is 0 Å². The second-order valence-electron chi connectivity index (χ2n) is 5.58. The van der Waals surface area contributed by atoms with E-state index in [9.17, 15) is 9.59 Å². The number of thiophene rings is 1. The largest absolute Gasteiger partial charge is 0.479 e. The van der Waals surface area contributed by atoms with Gasteiger partial charge < -0.3 is 14.2 Å². The number of carbonyl (C=O) groups excluding carboxylic acids is 2. The molecule has 1 aliphatic rings. The molecule has 2 aromatic rings. The Balaban J connectivity index is 1.79. The zero-order valence-electron chi connectivity index (χ0n) is 14.2. The summed E-state index contributed by atoms with van der Waals surface area (Å²) in [5.41, 5.74) is 1.58. The maximum atomic E-state index is 12.5. The van der Waals surface area contributed by atoms with Gasteiger partial charge in [-0.05, 0) is 49.9 Å². The van der Waals surface area contributed by atoms with E-state index in [0.29, 0.717) is 23.7 Å². The molecule has 0 aliphatic carbocycles. The topological polar surface area (TPSA) is 61.8 Å². The zero-order valence-corrected chi connectivity index (χ0v) is 15.0. The number of ether oxygens (including phenoxy) is 3. The molecular formula is C19H18O5S. The molecule has 1 aromatic carbocycles. The smallest absolute Gasteiger partial charge is 0.347 e. The first-order valence-corrected chi connectivity index (χ1v) is 8.83. The van der Waals surface area contributed by atoms with Gasteiger partial charge in [-0.1, -0.05) is 0 Å². The minimum atomic E-state index is -0.737. The third-order valence-electron chi connectivity index (χ3n) is 3.74. The van der Waals surface area contributed by atoms with Crippen LogP contribution in [0.4, 0.5) is 0 Å². The number of hydrogen-bond donors (Lipinski definition) is 0. The summed E-state index contributed by atoms with van der Waals surface area (Å²) < 4.78 is 16.2. The molecule has 0 bridgehead atoms. The number of rotatable bonds is 5. The number of fused-ring (bicyclic) bond motifs is 1. The van der Waals surface area contributed by atoms with Crippen molar-refractivity contribution in [3.05, 3.63) is 51.4 Å². The molecule has 0 amide bonds. The second-order valence-corrected chi connectivity index (χ2v) is 6.53. The standard InChI is InChI=1S/C19H18O5S/c1-4-22-19(21)12(3)23-13-5-6-14-15(9-13)24-16(18(14)20)10-17-11(2)7-8-25-17/h5-10,12H,4H2,1-3H3/t12-/m0/s1. The highest BCUT2D eigenvalue weighted by Gasteiger charge is 2.28. The van der Waals surface area contributed by atoms with Gasteiger partial charge in [0.05, 0.1) is 12.2 Å². The number of ketones is 1. The van der Waals surface area contributed by atoms with Crippen molar-refractivity contribution < 1.29 is 23.8 Å². The molecule has 0 saturated carbocycles. The van der Waals surface area contributed by atoms with Gasteiger partial charge in [0.25, 0.3) is 0 Å². The highest BCUT2D eigenvalue weighted by atomic mass is 32.1. The molecule has 0 radical (unpaired) electrons. The fraction of sp³-hybridized carbons (Fsp3) is 0.263. The molecular weight excluding hydrogens is 340 g/mol. The molecule has 25 heavy (non-hydrogen) atoms. The molecule has 1 aliphatic heterocycles. The maximum Gasteiger partial charge on any atom is 0.347 e. The van der Waals surface area contributed by atoms with Crippen molar-refractivity contribution in [2.45, 2.75) is 26.9 Å². The van der Waals surface area contributed by atoms with Crippen LogP contribution in [0.15, 0.2) is 35.4 Å². The summed E-state index contributed by atoms with van der Waals surface area (Å²) in [7, 11) is 0. The summed E-state index contributed by atoms with van der Waals surface area (Å²) >= 11 is 1.55. The number of carbonyl (C=O) groups is 2. The van der Waals surface area contributed by atoms with Crippen LogP contribution >= 0.6 is 11.3 Å². The van der Waals surface area contributed by atoms with E-state index in [-0.39, 0.29) is 11.5 Å². The molecule has 0 fully saturated rings. The highest BCUT2D eigenvalue weighted by molar-refractivity contribution is 7.11. The molecule has 3 rings (SSSR count). The number of hydrogen-bond acceptors (Lipinski definition) is 6. The quantitative estimate of drug-likeness (QED) is 0.597. The summed E-state index contributed by atoms with van der Waals surface area (Å²) in [6.07, 6.45) is 1.02. The predicted molar refractivity (Wildman–Crippen MR) is 95.2 cm³/mol. The Hall–Kier alpha value is -2.60. The van der Waals surface area contributed by atoms with E-state index < -0.39 is 12.1 Å². The first-order valence-electron chi connectivity index (χ1n) is 7.95. The van der Waals surface area contributed by atoms with E-state index in [1.54, 1.807) is 49.5 Å². The normalized spacial score (nSPS) is 15.6. The van der Waals surface area contributed by atoms with Crippen LogP contribution in [0, 0.1) is 6.92 Å². The molecule has 0 spiro atoms. The molecule has 130 valence electrons. The maximum absolute atomic E-state index is 12.5. The van der Waals surface area contributed by atoms with Gasteiger partial charge in [0.1, 0.15) is 11.5 Å². The Morgan fingerprint density at radius 2 is 2.16 bits per heavy atom. The van der Waals surface area contributed by atoms with Crippen LogP contribution in [0.5, 0.6) is 11.5 Å². The molecule has 6 heteroatoms. The van der Waals surface area contributed by atoms with Gasteiger partial charge in [-0.3, -0.25) is 4.79 Å². The van der Waals surface area contributed by atoms with Crippen molar-refractivity contribution in [1.82, 2.24) is 0 Å². The van der Waals surface area contributed by atoms with Crippen molar-refractivity contribution in [2.24, 2.45) is 0 Å². The minimum absolute atomic E-state index is 0.159. The molecule has 1 atom stereocenters. The Kier molecular flexibility index (Phi) is 4.90. The highest BCUT2D eigenvalue weighted by Crippen LogP contribution is 2.35. The van der Waals surface area contributed by atoms with E-state index in [4.69, 9.17) is 14.2 Å². The monoisotopic (exact) mass is 358 g/mol. The predicted octanol–water partition coefficient (Wildman–Crippen LogP) is 4.00. The van der Waals surface area contributed by atoms with Crippen LogP contribution in [0.2, 0.25) is 0 Å². The molecule has 0 N–H and O–H groups in total. The Morgan fingerprint density at radius 1 is 1.36 bits per heavy atom. The SMILES string of the molecule is CCOC(=O)[C@H](C)Oc1ccc2c(c1)OC(=Cc1sccc1C)C2=O. The van der Waals surface area contributed by atoms with Gasteiger partial charge >= 0.3 is 5.97 Å². The van der Waals surface area contributed by atoms with Crippen LogP contribution < -0.4 is 9.47 Å². The average Bonchev–Trinajstić information content (AvgIpc) is 3.12. The summed E-state index contributed by atoms with van der Waals surface area (Å²) in [6, 6.07) is 6.90. The Morgan fingerprint density at radius 3 is 2.84 bits per heavy atom. The molecule has 0 saturated heterocycles. The van der Waals surface area contributed by atoms with Gasteiger partial charge in [-0.2, -0.15) is 0 Å². The van der Waals surface area contributed by atoms with Crippen LogP contribution in [0.25, 0.3) is 6.08 Å².